The fraction of sp³-hybridized carbons (Fsp3) is 0.345. The van der Waals surface area contributed by atoms with Gasteiger partial charge in [0.05, 0.1) is 17.0 Å². The Morgan fingerprint density at radius 1 is 1.10 bits per heavy atom. The van der Waals surface area contributed by atoms with E-state index >= 15 is 0 Å². The van der Waals surface area contributed by atoms with Crippen LogP contribution in [0.2, 0.25) is 0 Å². The number of nitrogen functional groups attached to an aromatic ring is 1. The summed E-state index contributed by atoms with van der Waals surface area (Å²) in [7, 11) is 1.81. The van der Waals surface area contributed by atoms with E-state index in [9.17, 15) is 4.79 Å². The van der Waals surface area contributed by atoms with Crippen molar-refractivity contribution in [3.05, 3.63) is 54.4 Å². The van der Waals surface area contributed by atoms with E-state index in [0.717, 1.165) is 51.8 Å². The van der Waals surface area contributed by atoms with Crippen molar-refractivity contribution in [3.8, 4) is 11.3 Å². The molecule has 1 aliphatic rings. The number of carbonyl (C=O) groups excluding carboxylic acids is 1. The largest absolute Gasteiger partial charge is 0.423 e. The molecule has 5 aromatic rings. The molecule has 11 nitrogen and oxygen atoms in total. The van der Waals surface area contributed by atoms with Gasteiger partial charge < -0.3 is 25.7 Å². The van der Waals surface area contributed by atoms with Crippen LogP contribution in [0.25, 0.3) is 33.4 Å². The summed E-state index contributed by atoms with van der Waals surface area (Å²) in [5.41, 5.74) is 11.6. The first-order valence-electron chi connectivity index (χ1n) is 13.4. The highest BCUT2D eigenvalue weighted by molar-refractivity contribution is 5.98. The number of likely N-dealkylation sites (N-methyl/N-ethyl adjacent to an activating group) is 1. The van der Waals surface area contributed by atoms with Gasteiger partial charge in [-0.3, -0.25) is 4.79 Å². The fourth-order valence-corrected chi connectivity index (χ4v) is 5.19. The zero-order chi connectivity index (χ0) is 28.0. The molecule has 206 valence electrons. The molecule has 0 saturated carbocycles. The highest BCUT2D eigenvalue weighted by Gasteiger charge is 2.34. The van der Waals surface area contributed by atoms with Crippen molar-refractivity contribution in [2.45, 2.75) is 45.2 Å². The lowest BCUT2D eigenvalue weighted by molar-refractivity contribution is -0.138. The number of nitrogens with zero attached hydrogens (tertiary/aromatic N) is 6. The number of benzene rings is 2. The first-order chi connectivity index (χ1) is 19.2. The molecule has 6 rings (SSSR count). The Kier molecular flexibility index (Phi) is 6.38. The van der Waals surface area contributed by atoms with Gasteiger partial charge >= 0.3 is 0 Å². The van der Waals surface area contributed by atoms with Gasteiger partial charge in [-0.1, -0.05) is 18.2 Å². The maximum absolute atomic E-state index is 12.9. The Hall–Kier alpha value is -4.51. The second-order valence-electron chi connectivity index (χ2n) is 10.8. The molecule has 0 aliphatic carbocycles. The van der Waals surface area contributed by atoms with Crippen molar-refractivity contribution in [1.82, 2.24) is 34.9 Å². The Morgan fingerprint density at radius 3 is 2.58 bits per heavy atom. The second-order valence-corrected chi connectivity index (χ2v) is 10.8. The third-order valence-corrected chi connectivity index (χ3v) is 7.73. The first-order valence-corrected chi connectivity index (χ1v) is 13.4. The van der Waals surface area contributed by atoms with Gasteiger partial charge in [-0.2, -0.15) is 10.1 Å². The molecule has 1 amide bonds. The quantitative estimate of drug-likeness (QED) is 0.286. The number of oxazole rings is 1. The Labute approximate surface area is 231 Å². The minimum atomic E-state index is -0.597. The van der Waals surface area contributed by atoms with Crippen molar-refractivity contribution >= 4 is 45.6 Å². The first kappa shape index (κ1) is 25.8. The Bertz CT molecular complexity index is 1700. The van der Waals surface area contributed by atoms with Crippen LogP contribution in [0.5, 0.6) is 0 Å². The van der Waals surface area contributed by atoms with Gasteiger partial charge in [-0.05, 0) is 70.5 Å². The number of carbonyl (C=O) groups is 1. The number of nitrogens with one attached hydrogen (secondary N) is 2. The molecule has 1 saturated heterocycles. The van der Waals surface area contributed by atoms with E-state index in [1.165, 1.54) is 6.33 Å². The van der Waals surface area contributed by atoms with Crippen molar-refractivity contribution < 1.29 is 9.21 Å². The van der Waals surface area contributed by atoms with Gasteiger partial charge in [0.2, 0.25) is 5.91 Å². The normalized spacial score (nSPS) is 14.8. The van der Waals surface area contributed by atoms with Crippen LogP contribution in [0.4, 0.5) is 17.5 Å². The van der Waals surface area contributed by atoms with Crippen LogP contribution in [0.3, 0.4) is 0 Å². The molecular formula is C29H33N9O2. The van der Waals surface area contributed by atoms with Gasteiger partial charge in [0.15, 0.2) is 11.2 Å². The van der Waals surface area contributed by atoms with Crippen LogP contribution in [0, 0.1) is 6.92 Å². The maximum atomic E-state index is 12.9. The number of piperidine rings is 1. The molecule has 1 fully saturated rings. The molecule has 0 spiro atoms. The number of amides is 1. The van der Waals surface area contributed by atoms with E-state index in [2.05, 4.69) is 25.6 Å². The van der Waals surface area contributed by atoms with Crippen LogP contribution < -0.4 is 16.4 Å². The standard InChI is InChI=1S/C29H33N9O2/c1-17-5-10-22-21(15-17)35-28(40-22)34-19-8-6-18(7-9-19)24-23-25(30)32-16-33-26(23)38(36-24)20-11-13-37(14-12-20)27(39)29(2,3)31-4/h5-10,15-16,20,31H,11-14H2,1-4H3,(H,34,35)(H2,30,32,33). The van der Waals surface area contributed by atoms with Crippen molar-refractivity contribution in [1.29, 1.82) is 0 Å². The second kappa shape index (κ2) is 9.91. The lowest BCUT2D eigenvalue weighted by atomic mass is 9.99. The average Bonchev–Trinajstić information content (AvgIpc) is 3.55. The van der Waals surface area contributed by atoms with E-state index < -0.39 is 5.54 Å². The van der Waals surface area contributed by atoms with E-state index in [4.69, 9.17) is 15.2 Å². The summed E-state index contributed by atoms with van der Waals surface area (Å²) in [4.78, 5) is 28.2. The van der Waals surface area contributed by atoms with E-state index in [1.807, 2.05) is 79.9 Å². The molecule has 1 aliphatic heterocycles. The number of fused-ring (bicyclic) bond motifs is 2. The van der Waals surface area contributed by atoms with Gasteiger partial charge in [-0.15, -0.1) is 0 Å². The smallest absolute Gasteiger partial charge is 0.300 e. The van der Waals surface area contributed by atoms with E-state index in [1.54, 1.807) is 0 Å². The molecule has 11 heteroatoms. The molecular weight excluding hydrogens is 506 g/mol. The topological polar surface area (TPSA) is 140 Å². The van der Waals surface area contributed by atoms with Crippen LogP contribution in [0.15, 0.2) is 53.2 Å². The van der Waals surface area contributed by atoms with Crippen LogP contribution in [-0.4, -0.2) is 61.2 Å². The highest BCUT2D eigenvalue weighted by Crippen LogP contribution is 2.35. The van der Waals surface area contributed by atoms with Crippen molar-refractivity contribution in [3.63, 3.8) is 0 Å². The third kappa shape index (κ3) is 4.62. The lowest BCUT2D eigenvalue weighted by Crippen LogP contribution is -2.54. The third-order valence-electron chi connectivity index (χ3n) is 7.73. The number of hydrogen-bond acceptors (Lipinski definition) is 9. The van der Waals surface area contributed by atoms with Gasteiger partial charge in [0, 0.05) is 24.3 Å². The molecule has 0 bridgehead atoms. The molecule has 3 aromatic heterocycles. The van der Waals surface area contributed by atoms with Crippen LogP contribution >= 0.6 is 0 Å². The number of anilines is 3. The summed E-state index contributed by atoms with van der Waals surface area (Å²) in [6, 6.07) is 14.3. The minimum Gasteiger partial charge on any atom is -0.423 e. The monoisotopic (exact) mass is 539 g/mol. The van der Waals surface area contributed by atoms with Crippen molar-refractivity contribution in [2.75, 3.05) is 31.2 Å². The predicted molar refractivity (Wildman–Crippen MR) is 155 cm³/mol. The summed E-state index contributed by atoms with van der Waals surface area (Å²) in [6.07, 6.45) is 3.03. The maximum Gasteiger partial charge on any atom is 0.300 e. The number of likely N-dealkylation sites (tertiary alicyclic amines) is 1. The lowest BCUT2D eigenvalue weighted by Gasteiger charge is -2.37. The van der Waals surface area contributed by atoms with Gasteiger partial charge in [0.1, 0.15) is 23.4 Å². The fourth-order valence-electron chi connectivity index (χ4n) is 5.19. The zero-order valence-electron chi connectivity index (χ0n) is 23.1. The molecule has 0 radical (unpaired) electrons. The number of aryl methyl sites for hydroxylation is 1. The molecule has 4 heterocycles. The summed E-state index contributed by atoms with van der Waals surface area (Å²) >= 11 is 0. The van der Waals surface area contributed by atoms with Gasteiger partial charge in [0.25, 0.3) is 6.01 Å². The molecule has 40 heavy (non-hydrogen) atoms. The van der Waals surface area contributed by atoms with Crippen LogP contribution in [-0.2, 0) is 4.79 Å². The molecule has 0 unspecified atom stereocenters. The molecule has 2 aromatic carbocycles. The van der Waals surface area contributed by atoms with Crippen molar-refractivity contribution in [2.24, 2.45) is 0 Å². The number of aromatic nitrogens is 5. The van der Waals surface area contributed by atoms with E-state index in [-0.39, 0.29) is 11.9 Å². The van der Waals surface area contributed by atoms with Gasteiger partial charge in [-0.25, -0.2) is 14.6 Å². The number of rotatable bonds is 6. The minimum absolute atomic E-state index is 0.0935. The Morgan fingerprint density at radius 2 is 1.85 bits per heavy atom. The summed E-state index contributed by atoms with van der Waals surface area (Å²) < 4.78 is 7.79. The van der Waals surface area contributed by atoms with E-state index in [0.29, 0.717) is 30.6 Å². The molecule has 0 atom stereocenters. The summed E-state index contributed by atoms with van der Waals surface area (Å²) in [6.45, 7) is 7.15. The van der Waals surface area contributed by atoms with Crippen LogP contribution in [0.1, 0.15) is 38.3 Å². The summed E-state index contributed by atoms with van der Waals surface area (Å²) in [5.74, 6) is 0.492. The number of hydrogen-bond donors (Lipinski definition) is 3. The Balaban J connectivity index is 1.25. The molecule has 4 N–H and O–H groups in total. The number of nitrogens with two attached hydrogens (primary N) is 1. The summed E-state index contributed by atoms with van der Waals surface area (Å²) in [5, 5.41) is 12.1. The highest BCUT2D eigenvalue weighted by atomic mass is 16.4. The SMILES string of the molecule is CNC(C)(C)C(=O)N1CCC(n2nc(-c3ccc(Nc4nc5cc(C)ccc5o4)cc3)c3c(N)ncnc32)CC1. The average molecular weight is 540 g/mol. The zero-order valence-corrected chi connectivity index (χ0v) is 23.1. The predicted octanol–water partition coefficient (Wildman–Crippen LogP) is 4.43.